The Morgan fingerprint density at radius 3 is 2.60 bits per heavy atom. The van der Waals surface area contributed by atoms with Crippen LogP contribution in [0.15, 0.2) is 66.7 Å². The largest absolute Gasteiger partial charge is 0.351 e. The molecule has 3 rings (SSSR count). The maximum atomic E-state index is 12.2. The van der Waals surface area contributed by atoms with Gasteiger partial charge in [0.05, 0.1) is 5.52 Å². The lowest BCUT2D eigenvalue weighted by Crippen LogP contribution is -2.28. The molecule has 3 aromatic rings. The number of pyridine rings is 1. The number of hydrogen-bond donors (Lipinski definition) is 1. The van der Waals surface area contributed by atoms with Gasteiger partial charge in [0.25, 0.3) is 5.91 Å². The summed E-state index contributed by atoms with van der Waals surface area (Å²) in [5, 5.41) is 4.00. The summed E-state index contributed by atoms with van der Waals surface area (Å²) in [6.45, 7) is 2.49. The first-order valence-corrected chi connectivity index (χ1v) is 8.59. The van der Waals surface area contributed by atoms with Crippen molar-refractivity contribution in [3.63, 3.8) is 0 Å². The second-order valence-electron chi connectivity index (χ2n) is 6.22. The summed E-state index contributed by atoms with van der Waals surface area (Å²) in [6.07, 6.45) is 0.905. The fraction of sp³-hybridized carbons (Fsp3) is 0.238. The molecule has 0 radical (unpaired) electrons. The molecule has 0 aliphatic rings. The molecule has 0 aliphatic carbocycles. The molecule has 0 saturated heterocycles. The van der Waals surface area contributed by atoms with Gasteiger partial charge < -0.3 is 10.2 Å². The molecule has 0 atom stereocenters. The molecule has 1 amide bonds. The van der Waals surface area contributed by atoms with Crippen LogP contribution < -0.4 is 5.32 Å². The lowest BCUT2D eigenvalue weighted by molar-refractivity contribution is 0.0947. The van der Waals surface area contributed by atoms with E-state index in [-0.39, 0.29) is 5.91 Å². The molecule has 4 heteroatoms. The van der Waals surface area contributed by atoms with Crippen LogP contribution in [0.5, 0.6) is 0 Å². The van der Waals surface area contributed by atoms with E-state index in [1.807, 2.05) is 36.4 Å². The molecule has 0 aliphatic heterocycles. The van der Waals surface area contributed by atoms with Gasteiger partial charge in [-0.2, -0.15) is 0 Å². The van der Waals surface area contributed by atoms with Crippen LogP contribution in [0.3, 0.4) is 0 Å². The van der Waals surface area contributed by atoms with Crippen LogP contribution in [0.25, 0.3) is 10.9 Å². The van der Waals surface area contributed by atoms with Gasteiger partial charge in [-0.05, 0) is 37.7 Å². The molecule has 0 unspecified atom stereocenters. The summed E-state index contributed by atoms with van der Waals surface area (Å²) in [4.78, 5) is 18.9. The van der Waals surface area contributed by atoms with Gasteiger partial charge in [0.1, 0.15) is 5.69 Å². The van der Waals surface area contributed by atoms with E-state index in [2.05, 4.69) is 46.5 Å². The number of fused-ring (bicyclic) bond motifs is 1. The minimum Gasteiger partial charge on any atom is -0.351 e. The molecule has 128 valence electrons. The van der Waals surface area contributed by atoms with Crippen LogP contribution >= 0.6 is 0 Å². The Kier molecular flexibility index (Phi) is 5.75. The summed E-state index contributed by atoms with van der Waals surface area (Å²) < 4.78 is 0. The number of benzene rings is 2. The summed E-state index contributed by atoms with van der Waals surface area (Å²) in [5.41, 5.74) is 2.61. The van der Waals surface area contributed by atoms with Crippen molar-refractivity contribution < 1.29 is 4.79 Å². The number of hydrogen-bond acceptors (Lipinski definition) is 3. The zero-order chi connectivity index (χ0) is 17.5. The van der Waals surface area contributed by atoms with E-state index in [1.54, 1.807) is 6.07 Å². The zero-order valence-electron chi connectivity index (χ0n) is 14.5. The van der Waals surface area contributed by atoms with Crippen molar-refractivity contribution in [3.8, 4) is 0 Å². The van der Waals surface area contributed by atoms with Crippen LogP contribution in [0.4, 0.5) is 0 Å². The number of aromatic nitrogens is 1. The van der Waals surface area contributed by atoms with E-state index in [1.165, 1.54) is 5.56 Å². The van der Waals surface area contributed by atoms with Gasteiger partial charge in [-0.15, -0.1) is 0 Å². The molecule has 0 fully saturated rings. The Balaban J connectivity index is 1.44. The summed E-state index contributed by atoms with van der Waals surface area (Å²) >= 11 is 0. The minimum absolute atomic E-state index is 0.114. The van der Waals surface area contributed by atoms with E-state index in [0.29, 0.717) is 12.2 Å². The molecular weight excluding hydrogens is 310 g/mol. The highest BCUT2D eigenvalue weighted by atomic mass is 16.1. The lowest BCUT2D eigenvalue weighted by atomic mass is 10.2. The van der Waals surface area contributed by atoms with Crippen molar-refractivity contribution in [3.05, 3.63) is 78.0 Å². The standard InChI is InChI=1S/C21H23N3O/c1-24(16-17-8-3-2-4-9-17)15-7-14-22-21(25)20-13-12-18-10-5-6-11-19(18)23-20/h2-6,8-13H,7,14-16H2,1H3,(H,22,25). The third kappa shape index (κ3) is 4.88. The normalized spacial score (nSPS) is 11.0. The number of nitrogens with one attached hydrogen (secondary N) is 1. The predicted molar refractivity (Wildman–Crippen MR) is 101 cm³/mol. The third-order valence-corrected chi connectivity index (χ3v) is 4.13. The highest BCUT2D eigenvalue weighted by Gasteiger charge is 2.07. The van der Waals surface area contributed by atoms with Crippen LogP contribution in [0.2, 0.25) is 0 Å². The maximum Gasteiger partial charge on any atom is 0.269 e. The molecule has 0 bridgehead atoms. The van der Waals surface area contributed by atoms with Crippen molar-refractivity contribution in [1.82, 2.24) is 15.2 Å². The van der Waals surface area contributed by atoms with E-state index in [4.69, 9.17) is 0 Å². The average molecular weight is 333 g/mol. The average Bonchev–Trinajstić information content (AvgIpc) is 2.65. The summed E-state index contributed by atoms with van der Waals surface area (Å²) in [7, 11) is 2.10. The number of amides is 1. The van der Waals surface area contributed by atoms with E-state index in [9.17, 15) is 4.79 Å². The van der Waals surface area contributed by atoms with Crippen molar-refractivity contribution in [2.75, 3.05) is 20.1 Å². The first-order valence-electron chi connectivity index (χ1n) is 8.59. The van der Waals surface area contributed by atoms with Crippen LogP contribution in [-0.2, 0) is 6.54 Å². The summed E-state index contributed by atoms with van der Waals surface area (Å²) in [6, 6.07) is 21.9. The van der Waals surface area contributed by atoms with E-state index in [0.717, 1.165) is 30.4 Å². The van der Waals surface area contributed by atoms with Gasteiger partial charge in [-0.3, -0.25) is 4.79 Å². The Morgan fingerprint density at radius 1 is 1.00 bits per heavy atom. The van der Waals surface area contributed by atoms with Gasteiger partial charge in [-0.1, -0.05) is 54.6 Å². The SMILES string of the molecule is CN(CCCNC(=O)c1ccc2ccccc2n1)Cc1ccccc1. The molecule has 0 saturated carbocycles. The Labute approximate surface area is 148 Å². The fourth-order valence-electron chi connectivity index (χ4n) is 2.81. The van der Waals surface area contributed by atoms with E-state index >= 15 is 0 Å². The maximum absolute atomic E-state index is 12.2. The Bertz CT molecular complexity index is 833. The second kappa shape index (κ2) is 8.40. The van der Waals surface area contributed by atoms with Gasteiger partial charge in [-0.25, -0.2) is 4.98 Å². The topological polar surface area (TPSA) is 45.2 Å². The molecular formula is C21H23N3O. The highest BCUT2D eigenvalue weighted by molar-refractivity contribution is 5.94. The smallest absolute Gasteiger partial charge is 0.269 e. The molecule has 1 aromatic heterocycles. The van der Waals surface area contributed by atoms with Gasteiger partial charge >= 0.3 is 0 Å². The van der Waals surface area contributed by atoms with E-state index < -0.39 is 0 Å². The number of rotatable bonds is 7. The van der Waals surface area contributed by atoms with Crippen molar-refractivity contribution in [2.45, 2.75) is 13.0 Å². The highest BCUT2D eigenvalue weighted by Crippen LogP contribution is 2.11. The Hall–Kier alpha value is -2.72. The molecule has 1 N–H and O–H groups in total. The zero-order valence-corrected chi connectivity index (χ0v) is 14.5. The number of para-hydroxylation sites is 1. The van der Waals surface area contributed by atoms with Crippen molar-refractivity contribution in [2.24, 2.45) is 0 Å². The van der Waals surface area contributed by atoms with Gasteiger partial charge in [0.2, 0.25) is 0 Å². The second-order valence-corrected chi connectivity index (χ2v) is 6.22. The quantitative estimate of drug-likeness (QED) is 0.673. The van der Waals surface area contributed by atoms with Gasteiger partial charge in [0.15, 0.2) is 0 Å². The lowest BCUT2D eigenvalue weighted by Gasteiger charge is -2.16. The van der Waals surface area contributed by atoms with Gasteiger partial charge in [0, 0.05) is 18.5 Å². The Morgan fingerprint density at radius 2 is 1.76 bits per heavy atom. The first-order chi connectivity index (χ1) is 12.2. The van der Waals surface area contributed by atoms with Crippen LogP contribution in [0, 0.1) is 0 Å². The van der Waals surface area contributed by atoms with Crippen LogP contribution in [0.1, 0.15) is 22.5 Å². The molecule has 25 heavy (non-hydrogen) atoms. The van der Waals surface area contributed by atoms with Crippen molar-refractivity contribution >= 4 is 16.8 Å². The monoisotopic (exact) mass is 333 g/mol. The number of nitrogens with zero attached hydrogens (tertiary/aromatic N) is 2. The number of carbonyl (C=O) groups is 1. The first kappa shape index (κ1) is 17.1. The molecule has 0 spiro atoms. The minimum atomic E-state index is -0.114. The predicted octanol–water partition coefficient (Wildman–Crippen LogP) is 3.49. The molecule has 4 nitrogen and oxygen atoms in total. The fourth-order valence-corrected chi connectivity index (χ4v) is 2.81. The number of carbonyl (C=O) groups excluding carboxylic acids is 1. The third-order valence-electron chi connectivity index (χ3n) is 4.13. The molecule has 1 heterocycles. The van der Waals surface area contributed by atoms with Crippen molar-refractivity contribution in [1.29, 1.82) is 0 Å². The molecule has 2 aromatic carbocycles. The summed E-state index contributed by atoms with van der Waals surface area (Å²) in [5.74, 6) is -0.114. The van der Waals surface area contributed by atoms with Crippen LogP contribution in [-0.4, -0.2) is 35.9 Å².